The number of rotatable bonds is 5. The fourth-order valence-corrected chi connectivity index (χ4v) is 4.18. The third-order valence-electron chi connectivity index (χ3n) is 4.04. The van der Waals surface area contributed by atoms with Gasteiger partial charge in [0.25, 0.3) is 16.1 Å². The molecular weight excluding hydrogens is 384 g/mol. The lowest BCUT2D eigenvalue weighted by molar-refractivity contribution is 0.0691. The zero-order valence-corrected chi connectivity index (χ0v) is 16.4. The van der Waals surface area contributed by atoms with Crippen molar-refractivity contribution in [3.8, 4) is 5.75 Å². The Morgan fingerprint density at radius 1 is 1.12 bits per heavy atom. The molecule has 26 heavy (non-hydrogen) atoms. The van der Waals surface area contributed by atoms with E-state index in [1.165, 1.54) is 48.6 Å². The summed E-state index contributed by atoms with van der Waals surface area (Å²) in [6, 6.07) is 3.78. The van der Waals surface area contributed by atoms with E-state index in [2.05, 4.69) is 0 Å². The van der Waals surface area contributed by atoms with Gasteiger partial charge in [0.2, 0.25) is 10.0 Å². The summed E-state index contributed by atoms with van der Waals surface area (Å²) in [6.07, 6.45) is 0. The van der Waals surface area contributed by atoms with Gasteiger partial charge in [-0.15, -0.1) is 0 Å². The molecule has 1 aromatic carbocycles. The molecule has 0 radical (unpaired) electrons. The SMILES string of the molecule is COc1ccc(S(N)(=O)=O)cc1C(=O)N1CCN(S(=O)(=O)N(C)C)CC1. The van der Waals surface area contributed by atoms with E-state index in [4.69, 9.17) is 9.88 Å². The van der Waals surface area contributed by atoms with E-state index in [0.29, 0.717) is 0 Å². The standard InChI is InChI=1S/C14H22N4O6S2/c1-16(2)26(22,23)18-8-6-17(7-9-18)14(19)12-10-11(25(15,20)21)4-5-13(12)24-3/h4-5,10H,6-9H2,1-3H3,(H2,15,20,21). The highest BCUT2D eigenvalue weighted by Crippen LogP contribution is 2.24. The highest BCUT2D eigenvalue weighted by Gasteiger charge is 2.31. The molecule has 2 rings (SSSR count). The zero-order chi connectivity index (χ0) is 19.7. The molecule has 0 aliphatic carbocycles. The molecule has 0 saturated carbocycles. The van der Waals surface area contributed by atoms with Gasteiger partial charge in [0.05, 0.1) is 17.6 Å². The first-order valence-electron chi connectivity index (χ1n) is 7.66. The van der Waals surface area contributed by atoms with Gasteiger partial charge in [0, 0.05) is 40.3 Å². The summed E-state index contributed by atoms with van der Waals surface area (Å²) in [6.45, 7) is 0.635. The number of nitrogens with two attached hydrogens (primary N) is 1. The molecule has 146 valence electrons. The van der Waals surface area contributed by atoms with Gasteiger partial charge in [-0.1, -0.05) is 0 Å². The van der Waals surface area contributed by atoms with Gasteiger partial charge in [0.1, 0.15) is 5.75 Å². The summed E-state index contributed by atoms with van der Waals surface area (Å²) < 4.78 is 54.9. The fraction of sp³-hybridized carbons (Fsp3) is 0.500. The molecule has 1 heterocycles. The summed E-state index contributed by atoms with van der Waals surface area (Å²) in [7, 11) is -3.27. The van der Waals surface area contributed by atoms with Gasteiger partial charge in [0.15, 0.2) is 0 Å². The fourth-order valence-electron chi connectivity index (χ4n) is 2.55. The minimum atomic E-state index is -3.97. The average Bonchev–Trinajstić information content (AvgIpc) is 2.59. The lowest BCUT2D eigenvalue weighted by atomic mass is 10.1. The second-order valence-electron chi connectivity index (χ2n) is 5.89. The number of carbonyl (C=O) groups excluding carboxylic acids is 1. The molecule has 0 unspecified atom stereocenters. The molecule has 0 atom stereocenters. The molecule has 2 N–H and O–H groups in total. The van der Waals surface area contributed by atoms with Gasteiger partial charge in [-0.05, 0) is 18.2 Å². The quantitative estimate of drug-likeness (QED) is 0.661. The summed E-state index contributed by atoms with van der Waals surface area (Å²) in [5, 5.41) is 5.12. The largest absolute Gasteiger partial charge is 0.496 e. The van der Waals surface area contributed by atoms with Gasteiger partial charge in [-0.3, -0.25) is 4.79 Å². The van der Waals surface area contributed by atoms with Crippen LogP contribution in [0.3, 0.4) is 0 Å². The molecule has 1 saturated heterocycles. The first-order valence-corrected chi connectivity index (χ1v) is 10.6. The molecule has 12 heteroatoms. The number of carbonyl (C=O) groups is 1. The number of hydrogen-bond acceptors (Lipinski definition) is 6. The average molecular weight is 406 g/mol. The van der Waals surface area contributed by atoms with E-state index >= 15 is 0 Å². The Hall–Kier alpha value is -1.73. The smallest absolute Gasteiger partial charge is 0.281 e. The van der Waals surface area contributed by atoms with Gasteiger partial charge < -0.3 is 9.64 Å². The van der Waals surface area contributed by atoms with Crippen LogP contribution < -0.4 is 9.88 Å². The number of amides is 1. The summed E-state index contributed by atoms with van der Waals surface area (Å²) >= 11 is 0. The van der Waals surface area contributed by atoms with Crippen molar-refractivity contribution >= 4 is 26.1 Å². The molecule has 1 amide bonds. The Kier molecular flexibility index (Phi) is 5.92. The number of sulfonamides is 1. The minimum absolute atomic E-state index is 0.0583. The maximum Gasteiger partial charge on any atom is 0.281 e. The second-order valence-corrected chi connectivity index (χ2v) is 9.59. The van der Waals surface area contributed by atoms with Crippen molar-refractivity contribution in [2.24, 2.45) is 5.14 Å². The van der Waals surface area contributed by atoms with Crippen molar-refractivity contribution in [2.45, 2.75) is 4.90 Å². The van der Waals surface area contributed by atoms with Crippen LogP contribution in [0.25, 0.3) is 0 Å². The molecule has 10 nitrogen and oxygen atoms in total. The highest BCUT2D eigenvalue weighted by atomic mass is 32.2. The zero-order valence-electron chi connectivity index (χ0n) is 14.7. The van der Waals surface area contributed by atoms with Crippen LogP contribution in [-0.4, -0.2) is 83.6 Å². The third kappa shape index (κ3) is 4.15. The van der Waals surface area contributed by atoms with Crippen LogP contribution in [-0.2, 0) is 20.2 Å². The number of piperazine rings is 1. The van der Waals surface area contributed by atoms with E-state index in [1.54, 1.807) is 0 Å². The predicted molar refractivity (Wildman–Crippen MR) is 94.5 cm³/mol. The van der Waals surface area contributed by atoms with E-state index in [9.17, 15) is 21.6 Å². The monoisotopic (exact) mass is 406 g/mol. The van der Waals surface area contributed by atoms with Crippen molar-refractivity contribution in [1.82, 2.24) is 13.5 Å². The number of primary sulfonamides is 1. The molecule has 0 bridgehead atoms. The molecule has 1 fully saturated rings. The lowest BCUT2D eigenvalue weighted by Crippen LogP contribution is -2.53. The molecule has 1 aliphatic rings. The van der Waals surface area contributed by atoms with Crippen molar-refractivity contribution in [2.75, 3.05) is 47.4 Å². The van der Waals surface area contributed by atoms with E-state index in [0.717, 1.165) is 4.31 Å². The Morgan fingerprint density at radius 2 is 1.69 bits per heavy atom. The minimum Gasteiger partial charge on any atom is -0.496 e. The first-order chi connectivity index (χ1) is 12.0. The van der Waals surface area contributed by atoms with Gasteiger partial charge in [-0.2, -0.15) is 17.0 Å². The Bertz CT molecular complexity index is 890. The number of nitrogens with zero attached hydrogens (tertiary/aromatic N) is 3. The van der Waals surface area contributed by atoms with Crippen molar-refractivity contribution in [3.63, 3.8) is 0 Å². The lowest BCUT2D eigenvalue weighted by Gasteiger charge is -2.35. The van der Waals surface area contributed by atoms with Crippen LogP contribution in [0, 0.1) is 0 Å². The Labute approximate surface area is 153 Å². The van der Waals surface area contributed by atoms with Crippen LogP contribution in [0.2, 0.25) is 0 Å². The van der Waals surface area contributed by atoms with E-state index in [1.807, 2.05) is 0 Å². The molecule has 1 aliphatic heterocycles. The van der Waals surface area contributed by atoms with E-state index < -0.39 is 26.1 Å². The highest BCUT2D eigenvalue weighted by molar-refractivity contribution is 7.89. The van der Waals surface area contributed by atoms with Crippen molar-refractivity contribution in [1.29, 1.82) is 0 Å². The number of methoxy groups -OCH3 is 1. The van der Waals surface area contributed by atoms with Gasteiger partial charge >= 0.3 is 0 Å². The molecular formula is C14H22N4O6S2. The first kappa shape index (κ1) is 20.6. The number of benzene rings is 1. The summed E-state index contributed by atoms with van der Waals surface area (Å²) in [5.74, 6) is -0.236. The van der Waals surface area contributed by atoms with E-state index in [-0.39, 0.29) is 42.4 Å². The third-order valence-corrected chi connectivity index (χ3v) is 6.90. The Morgan fingerprint density at radius 3 is 2.15 bits per heavy atom. The Balaban J connectivity index is 2.23. The normalized spacial score (nSPS) is 16.7. The molecule has 1 aromatic rings. The molecule has 0 spiro atoms. The number of hydrogen-bond donors (Lipinski definition) is 1. The predicted octanol–water partition coefficient (Wildman–Crippen LogP) is -1.09. The number of ether oxygens (including phenoxy) is 1. The van der Waals surface area contributed by atoms with Crippen LogP contribution >= 0.6 is 0 Å². The van der Waals surface area contributed by atoms with Crippen molar-refractivity contribution in [3.05, 3.63) is 23.8 Å². The van der Waals surface area contributed by atoms with Gasteiger partial charge in [-0.25, -0.2) is 13.6 Å². The van der Waals surface area contributed by atoms with Crippen LogP contribution in [0.4, 0.5) is 0 Å². The molecule has 0 aromatic heterocycles. The maximum atomic E-state index is 12.8. The summed E-state index contributed by atoms with van der Waals surface area (Å²) in [4.78, 5) is 14.0. The second kappa shape index (κ2) is 7.48. The summed E-state index contributed by atoms with van der Waals surface area (Å²) in [5.41, 5.74) is 0.0583. The van der Waals surface area contributed by atoms with Crippen molar-refractivity contribution < 1.29 is 26.4 Å². The van der Waals surface area contributed by atoms with Crippen LogP contribution in [0.15, 0.2) is 23.1 Å². The topological polar surface area (TPSA) is 130 Å². The maximum absolute atomic E-state index is 12.8. The van der Waals surface area contributed by atoms with Crippen LogP contribution in [0.1, 0.15) is 10.4 Å². The van der Waals surface area contributed by atoms with Crippen LogP contribution in [0.5, 0.6) is 5.75 Å².